The fourth-order valence-electron chi connectivity index (χ4n) is 8.96. The van der Waals surface area contributed by atoms with Crippen LogP contribution in [0.4, 0.5) is 0 Å². The number of carbonyl (C=O) groups is 3. The van der Waals surface area contributed by atoms with Gasteiger partial charge in [0.1, 0.15) is 11.8 Å². The smallest absolute Gasteiger partial charge is 0.340 e. The summed E-state index contributed by atoms with van der Waals surface area (Å²) in [6.45, 7) is 8.23. The molecule has 292 valence electrons. The van der Waals surface area contributed by atoms with E-state index in [0.29, 0.717) is 67.3 Å². The van der Waals surface area contributed by atoms with E-state index in [9.17, 15) is 14.4 Å². The van der Waals surface area contributed by atoms with Crippen LogP contribution in [0.15, 0.2) is 67.0 Å². The highest BCUT2D eigenvalue weighted by molar-refractivity contribution is 5.98. The third-order valence-corrected chi connectivity index (χ3v) is 11.2. The highest BCUT2D eigenvalue weighted by atomic mass is 16.6. The van der Waals surface area contributed by atoms with Crippen LogP contribution >= 0.6 is 0 Å². The molecular formula is C41H49N5O9. The Morgan fingerprint density at radius 2 is 1.82 bits per heavy atom. The maximum absolute atomic E-state index is 12.4. The first kappa shape index (κ1) is 38.3. The van der Waals surface area contributed by atoms with E-state index < -0.39 is 6.10 Å². The second-order valence-electron chi connectivity index (χ2n) is 14.5. The Morgan fingerprint density at radius 3 is 2.55 bits per heavy atom. The Bertz CT molecular complexity index is 2080. The topological polar surface area (TPSA) is 157 Å². The van der Waals surface area contributed by atoms with Crippen LogP contribution in [0, 0.1) is 5.92 Å². The highest BCUT2D eigenvalue weighted by Gasteiger charge is 2.65. The van der Waals surface area contributed by atoms with Crippen LogP contribution in [0.2, 0.25) is 0 Å². The van der Waals surface area contributed by atoms with Gasteiger partial charge in [0.25, 0.3) is 0 Å². The lowest BCUT2D eigenvalue weighted by Crippen LogP contribution is -2.65. The SMILES string of the molecule is CC(=O)Oc1ccc2c3c1O[C@H]1[C@@H](OC(C)=O)C=C[C@H]4[C@@H](C2)N(C)CC[C@@]341.CCOC(=O)c1cc2ccccn2c1-c1ccn(CCN(CCO)CCO)n1. The van der Waals surface area contributed by atoms with Crippen molar-refractivity contribution in [1.29, 1.82) is 0 Å². The van der Waals surface area contributed by atoms with Gasteiger partial charge in [-0.3, -0.25) is 19.2 Å². The van der Waals surface area contributed by atoms with Gasteiger partial charge in [-0.25, -0.2) is 4.79 Å². The summed E-state index contributed by atoms with van der Waals surface area (Å²) in [5.41, 5.74) is 4.92. The predicted molar refractivity (Wildman–Crippen MR) is 202 cm³/mol. The quantitative estimate of drug-likeness (QED) is 0.124. The number of piperidine rings is 1. The third-order valence-electron chi connectivity index (χ3n) is 11.2. The number of aliphatic hydroxyl groups excluding tert-OH is 2. The largest absolute Gasteiger partial charge is 0.481 e. The average Bonchev–Trinajstić information content (AvgIpc) is 3.88. The number of hydrogen-bond acceptors (Lipinski definition) is 12. The number of aromatic nitrogens is 3. The molecule has 2 aliphatic carbocycles. The summed E-state index contributed by atoms with van der Waals surface area (Å²) >= 11 is 0. The molecule has 3 aromatic heterocycles. The number of ether oxygens (including phenoxy) is 4. The van der Waals surface area contributed by atoms with Crippen molar-refractivity contribution < 1.29 is 43.5 Å². The number of fused-ring (bicyclic) bond motifs is 1. The number of aliphatic hydroxyl groups is 2. The molecule has 2 N–H and O–H groups in total. The number of hydrogen-bond donors (Lipinski definition) is 2. The van der Waals surface area contributed by atoms with Crippen LogP contribution in [0.1, 0.15) is 48.7 Å². The van der Waals surface area contributed by atoms with Gasteiger partial charge in [-0.15, -0.1) is 0 Å². The molecule has 0 unspecified atom stereocenters. The van der Waals surface area contributed by atoms with E-state index in [-0.39, 0.29) is 48.6 Å². The molecule has 2 bridgehead atoms. The van der Waals surface area contributed by atoms with Gasteiger partial charge in [0.15, 0.2) is 17.6 Å². The van der Waals surface area contributed by atoms with Crippen LogP contribution < -0.4 is 9.47 Å². The van der Waals surface area contributed by atoms with E-state index >= 15 is 0 Å². The summed E-state index contributed by atoms with van der Waals surface area (Å²) in [4.78, 5) is 40.1. The molecule has 0 amide bonds. The Balaban J connectivity index is 0.000000169. The molecule has 2 aliphatic heterocycles. The maximum Gasteiger partial charge on any atom is 0.340 e. The van der Waals surface area contributed by atoms with Gasteiger partial charge >= 0.3 is 17.9 Å². The first-order chi connectivity index (χ1) is 26.6. The lowest BCUT2D eigenvalue weighted by atomic mass is 9.53. The van der Waals surface area contributed by atoms with Crippen LogP contribution in [0.5, 0.6) is 11.5 Å². The summed E-state index contributed by atoms with van der Waals surface area (Å²) in [6, 6.07) is 13.7. The summed E-state index contributed by atoms with van der Waals surface area (Å²) < 4.78 is 26.4. The standard InChI is InChI=1S/C21H23NO5.C20H26N4O4/c1-11(23)25-16-6-4-13-10-15-14-5-7-17(26-12(2)24)20-21(14,8-9-22(15)3)18(13)19(16)27-20;1-2-28-20(27)17-15-16-5-3-4-7-24(16)19(17)18-6-8-23(21-18)10-9-22(11-13-25)12-14-26/h4-7,14-15,17,20H,8-10H2,1-3H3;3-8,15,25-26H,2,9-14H2,1H3/t14-,15+,17-,20-,21-;/m0./s1. The van der Waals surface area contributed by atoms with Gasteiger partial charge in [0.05, 0.1) is 37.6 Å². The minimum Gasteiger partial charge on any atom is -0.481 e. The number of esters is 3. The Kier molecular flexibility index (Phi) is 11.1. The number of likely N-dealkylation sites (tertiary alicyclic amines) is 1. The molecule has 1 spiro atoms. The first-order valence-electron chi connectivity index (χ1n) is 18.9. The molecular weight excluding hydrogens is 706 g/mol. The zero-order valence-electron chi connectivity index (χ0n) is 31.7. The molecule has 4 aromatic rings. The number of likely N-dealkylation sites (N-methyl/N-ethyl adjacent to an activating group) is 1. The number of carbonyl (C=O) groups excluding carboxylic acids is 3. The average molecular weight is 756 g/mol. The third kappa shape index (κ3) is 7.15. The Hall–Kier alpha value is -5.02. The van der Waals surface area contributed by atoms with E-state index in [1.165, 1.54) is 19.4 Å². The molecule has 14 heteroatoms. The summed E-state index contributed by atoms with van der Waals surface area (Å²) in [6.07, 6.45) is 9.07. The van der Waals surface area contributed by atoms with Crippen molar-refractivity contribution >= 4 is 23.4 Å². The zero-order chi connectivity index (χ0) is 38.9. The van der Waals surface area contributed by atoms with Crippen molar-refractivity contribution in [1.82, 2.24) is 24.0 Å². The molecule has 4 aliphatic rings. The molecule has 0 saturated carbocycles. The summed E-state index contributed by atoms with van der Waals surface area (Å²) in [7, 11) is 2.17. The lowest BCUT2D eigenvalue weighted by Gasteiger charge is -2.56. The van der Waals surface area contributed by atoms with Gasteiger partial charge in [0.2, 0.25) is 0 Å². The maximum atomic E-state index is 12.4. The van der Waals surface area contributed by atoms with E-state index in [4.69, 9.17) is 29.2 Å². The number of pyridine rings is 1. The predicted octanol–water partition coefficient (Wildman–Crippen LogP) is 3.25. The van der Waals surface area contributed by atoms with E-state index in [2.05, 4.69) is 29.2 Å². The normalized spacial score (nSPS) is 23.1. The molecule has 1 fully saturated rings. The second kappa shape index (κ2) is 16.0. The monoisotopic (exact) mass is 755 g/mol. The minimum absolute atomic E-state index is 0.0450. The Labute approximate surface area is 319 Å². The Morgan fingerprint density at radius 1 is 1.02 bits per heavy atom. The molecule has 14 nitrogen and oxygen atoms in total. The number of nitrogens with zero attached hydrogens (tertiary/aromatic N) is 5. The van der Waals surface area contributed by atoms with Crippen molar-refractivity contribution in [2.45, 2.75) is 63.8 Å². The lowest BCUT2D eigenvalue weighted by molar-refractivity contribution is -0.152. The minimum atomic E-state index is -0.439. The van der Waals surface area contributed by atoms with E-state index in [1.807, 2.05) is 64.2 Å². The highest BCUT2D eigenvalue weighted by Crippen LogP contribution is 2.62. The molecule has 55 heavy (non-hydrogen) atoms. The van der Waals surface area contributed by atoms with Crippen LogP contribution in [0.25, 0.3) is 16.9 Å². The van der Waals surface area contributed by atoms with Crippen molar-refractivity contribution in [2.75, 3.05) is 53.0 Å². The van der Waals surface area contributed by atoms with E-state index in [0.717, 1.165) is 30.5 Å². The van der Waals surface area contributed by atoms with Gasteiger partial charge in [0, 0.05) is 74.3 Å². The van der Waals surface area contributed by atoms with E-state index in [1.54, 1.807) is 11.6 Å². The molecule has 8 rings (SSSR count). The molecule has 1 saturated heterocycles. The van der Waals surface area contributed by atoms with Gasteiger partial charge < -0.3 is 38.5 Å². The van der Waals surface area contributed by atoms with Gasteiger partial charge in [-0.1, -0.05) is 18.2 Å². The fraction of sp³-hybridized carbons (Fsp3) is 0.463. The summed E-state index contributed by atoms with van der Waals surface area (Å²) in [5, 5.41) is 22.9. The number of rotatable bonds is 12. The number of benzene rings is 1. The van der Waals surface area contributed by atoms with Crippen molar-refractivity contribution in [3.05, 3.63) is 83.7 Å². The first-order valence-corrected chi connectivity index (χ1v) is 18.9. The molecule has 5 atom stereocenters. The van der Waals surface area contributed by atoms with Crippen LogP contribution in [-0.4, -0.2) is 123 Å². The zero-order valence-corrected chi connectivity index (χ0v) is 31.7. The van der Waals surface area contributed by atoms with Crippen molar-refractivity contribution in [2.24, 2.45) is 5.92 Å². The van der Waals surface area contributed by atoms with Crippen LogP contribution in [-0.2, 0) is 37.4 Å². The van der Waals surface area contributed by atoms with Gasteiger partial charge in [-0.05, 0) is 75.3 Å². The van der Waals surface area contributed by atoms with Crippen molar-refractivity contribution in [3.8, 4) is 22.9 Å². The van der Waals surface area contributed by atoms with Crippen molar-refractivity contribution in [3.63, 3.8) is 0 Å². The van der Waals surface area contributed by atoms with Gasteiger partial charge in [-0.2, -0.15) is 5.10 Å². The molecule has 1 aromatic carbocycles. The summed E-state index contributed by atoms with van der Waals surface area (Å²) in [5.74, 6) is 0.344. The molecule has 5 heterocycles. The fourth-order valence-corrected chi connectivity index (χ4v) is 8.96. The second-order valence-corrected chi connectivity index (χ2v) is 14.5. The molecule has 0 radical (unpaired) electrons. The van der Waals surface area contributed by atoms with Crippen LogP contribution in [0.3, 0.4) is 0 Å².